The molecular formula is C13H11BrN4. The van der Waals surface area contributed by atoms with E-state index in [-0.39, 0.29) is 0 Å². The van der Waals surface area contributed by atoms with Crippen LogP contribution in [0, 0.1) is 0 Å². The highest BCUT2D eigenvalue weighted by Gasteiger charge is 2.06. The number of fused-ring (bicyclic) bond motifs is 1. The Morgan fingerprint density at radius 2 is 2.06 bits per heavy atom. The summed E-state index contributed by atoms with van der Waals surface area (Å²) >= 11 is 3.38. The normalized spacial score (nSPS) is 10.8. The molecule has 4 nitrogen and oxygen atoms in total. The van der Waals surface area contributed by atoms with Gasteiger partial charge in [0.05, 0.1) is 17.4 Å². The molecule has 0 atom stereocenters. The van der Waals surface area contributed by atoms with E-state index in [2.05, 4.69) is 36.9 Å². The average Bonchev–Trinajstić information content (AvgIpc) is 2.86. The maximum Gasteiger partial charge on any atom is 0.132 e. The number of hydrogen-bond acceptors (Lipinski definition) is 3. The van der Waals surface area contributed by atoms with Gasteiger partial charge < -0.3 is 9.88 Å². The number of nitrogens with zero attached hydrogens (tertiary/aromatic N) is 3. The molecule has 2 aromatic heterocycles. The number of anilines is 2. The Hall–Kier alpha value is -1.88. The molecule has 1 N–H and O–H groups in total. The van der Waals surface area contributed by atoms with Crippen LogP contribution in [0.15, 0.2) is 47.3 Å². The molecular weight excluding hydrogens is 292 g/mol. The lowest BCUT2D eigenvalue weighted by Crippen LogP contribution is -2.10. The number of hydrogen-bond donors (Lipinski definition) is 1. The third-order valence-corrected chi connectivity index (χ3v) is 3.32. The molecule has 1 aromatic carbocycles. The molecule has 0 saturated heterocycles. The fourth-order valence-corrected chi connectivity index (χ4v) is 2.07. The van der Waals surface area contributed by atoms with Crippen molar-refractivity contribution in [2.24, 2.45) is 0 Å². The van der Waals surface area contributed by atoms with Gasteiger partial charge in [0.25, 0.3) is 0 Å². The monoisotopic (exact) mass is 302 g/mol. The van der Waals surface area contributed by atoms with Crippen LogP contribution in [0.5, 0.6) is 0 Å². The van der Waals surface area contributed by atoms with Crippen LogP contribution in [-0.4, -0.2) is 22.0 Å². The smallest absolute Gasteiger partial charge is 0.132 e. The van der Waals surface area contributed by atoms with Gasteiger partial charge in [-0.25, -0.2) is 9.97 Å². The van der Waals surface area contributed by atoms with Gasteiger partial charge in [0.15, 0.2) is 0 Å². The van der Waals surface area contributed by atoms with E-state index in [1.165, 1.54) is 0 Å². The van der Waals surface area contributed by atoms with E-state index in [0.717, 1.165) is 27.0 Å². The molecule has 5 heteroatoms. The predicted molar refractivity (Wildman–Crippen MR) is 76.1 cm³/mol. The van der Waals surface area contributed by atoms with E-state index < -0.39 is 0 Å². The Balaban J connectivity index is 2.00. The Bertz CT molecular complexity index is 675. The van der Waals surface area contributed by atoms with Gasteiger partial charge in [-0.2, -0.15) is 0 Å². The molecule has 0 aliphatic carbocycles. The van der Waals surface area contributed by atoms with E-state index in [0.29, 0.717) is 0 Å². The van der Waals surface area contributed by atoms with Gasteiger partial charge >= 0.3 is 0 Å². The van der Waals surface area contributed by atoms with Crippen LogP contribution in [0.3, 0.4) is 0 Å². The molecule has 3 aromatic rings. The molecule has 2 heterocycles. The van der Waals surface area contributed by atoms with Crippen molar-refractivity contribution in [3.63, 3.8) is 0 Å². The maximum atomic E-state index is 4.38. The SMILES string of the molecule is CN(c1ccc2nc[nH]c2c1)c1ccc(Br)cn1. The largest absolute Gasteiger partial charge is 0.345 e. The number of imidazole rings is 1. The summed E-state index contributed by atoms with van der Waals surface area (Å²) in [6, 6.07) is 10.0. The summed E-state index contributed by atoms with van der Waals surface area (Å²) in [5.41, 5.74) is 3.06. The first-order valence-corrected chi connectivity index (χ1v) is 6.32. The Labute approximate surface area is 113 Å². The van der Waals surface area contributed by atoms with Crippen LogP contribution in [-0.2, 0) is 0 Å². The number of H-pyrrole nitrogens is 1. The highest BCUT2D eigenvalue weighted by molar-refractivity contribution is 9.10. The van der Waals surface area contributed by atoms with Crippen LogP contribution in [0.4, 0.5) is 11.5 Å². The second-order valence-electron chi connectivity index (χ2n) is 4.00. The van der Waals surface area contributed by atoms with Crippen LogP contribution in [0.1, 0.15) is 0 Å². The second kappa shape index (κ2) is 4.42. The molecule has 0 fully saturated rings. The average molecular weight is 303 g/mol. The molecule has 0 saturated carbocycles. The number of aromatic amines is 1. The van der Waals surface area contributed by atoms with E-state index in [9.17, 15) is 0 Å². The molecule has 3 rings (SSSR count). The van der Waals surface area contributed by atoms with Crippen LogP contribution >= 0.6 is 15.9 Å². The van der Waals surface area contributed by atoms with Gasteiger partial charge in [-0.1, -0.05) is 0 Å². The summed E-state index contributed by atoms with van der Waals surface area (Å²) in [4.78, 5) is 13.7. The van der Waals surface area contributed by atoms with Crippen LogP contribution in [0.25, 0.3) is 11.0 Å². The molecule has 0 aliphatic rings. The predicted octanol–water partition coefficient (Wildman–Crippen LogP) is 3.49. The minimum absolute atomic E-state index is 0.900. The van der Waals surface area contributed by atoms with E-state index in [4.69, 9.17) is 0 Å². The van der Waals surface area contributed by atoms with Crippen LogP contribution in [0.2, 0.25) is 0 Å². The number of rotatable bonds is 2. The first-order chi connectivity index (χ1) is 8.74. The zero-order valence-electron chi connectivity index (χ0n) is 9.76. The fourth-order valence-electron chi connectivity index (χ4n) is 1.83. The molecule has 0 radical (unpaired) electrons. The maximum absolute atomic E-state index is 4.38. The van der Waals surface area contributed by atoms with Crippen molar-refractivity contribution in [3.05, 3.63) is 47.3 Å². The summed E-state index contributed by atoms with van der Waals surface area (Å²) in [6.07, 6.45) is 3.49. The van der Waals surface area contributed by atoms with Crippen molar-refractivity contribution in [2.75, 3.05) is 11.9 Å². The fraction of sp³-hybridized carbons (Fsp3) is 0.0769. The van der Waals surface area contributed by atoms with Crippen molar-refractivity contribution in [1.82, 2.24) is 15.0 Å². The van der Waals surface area contributed by atoms with E-state index in [1.54, 1.807) is 12.5 Å². The van der Waals surface area contributed by atoms with Gasteiger partial charge in [0, 0.05) is 23.4 Å². The van der Waals surface area contributed by atoms with Gasteiger partial charge in [0.2, 0.25) is 0 Å². The first kappa shape index (κ1) is 11.2. The number of benzene rings is 1. The summed E-state index contributed by atoms with van der Waals surface area (Å²) in [5.74, 6) is 0.900. The minimum atomic E-state index is 0.900. The molecule has 0 bridgehead atoms. The summed E-state index contributed by atoms with van der Waals surface area (Å²) in [6.45, 7) is 0. The van der Waals surface area contributed by atoms with Gasteiger partial charge in [-0.3, -0.25) is 0 Å². The zero-order chi connectivity index (χ0) is 12.5. The Kier molecular flexibility index (Phi) is 2.76. The third kappa shape index (κ3) is 1.97. The van der Waals surface area contributed by atoms with Crippen molar-refractivity contribution in [1.29, 1.82) is 0 Å². The summed E-state index contributed by atoms with van der Waals surface area (Å²) in [5, 5.41) is 0. The summed E-state index contributed by atoms with van der Waals surface area (Å²) in [7, 11) is 1.99. The topological polar surface area (TPSA) is 44.8 Å². The minimum Gasteiger partial charge on any atom is -0.345 e. The van der Waals surface area contributed by atoms with Crippen molar-refractivity contribution in [2.45, 2.75) is 0 Å². The molecule has 0 aliphatic heterocycles. The lowest BCUT2D eigenvalue weighted by atomic mass is 10.2. The number of aromatic nitrogens is 3. The standard InChI is InChI=1S/C13H11BrN4/c1-18(13-5-2-9(14)7-15-13)10-3-4-11-12(6-10)17-8-16-11/h2-8H,1H3,(H,16,17). The first-order valence-electron chi connectivity index (χ1n) is 5.52. The third-order valence-electron chi connectivity index (χ3n) is 2.85. The van der Waals surface area contributed by atoms with E-state index >= 15 is 0 Å². The summed E-state index contributed by atoms with van der Waals surface area (Å²) < 4.78 is 0.976. The zero-order valence-corrected chi connectivity index (χ0v) is 11.3. The molecule has 90 valence electrons. The molecule has 0 spiro atoms. The molecule has 0 amide bonds. The quantitative estimate of drug-likeness (QED) is 0.788. The van der Waals surface area contributed by atoms with Crippen molar-refractivity contribution >= 4 is 38.5 Å². The van der Waals surface area contributed by atoms with Crippen LogP contribution < -0.4 is 4.90 Å². The lowest BCUT2D eigenvalue weighted by Gasteiger charge is -2.18. The number of nitrogens with one attached hydrogen (secondary N) is 1. The Morgan fingerprint density at radius 1 is 1.17 bits per heavy atom. The van der Waals surface area contributed by atoms with Crippen molar-refractivity contribution in [3.8, 4) is 0 Å². The van der Waals surface area contributed by atoms with E-state index in [1.807, 2.05) is 36.2 Å². The second-order valence-corrected chi connectivity index (χ2v) is 4.91. The highest BCUT2D eigenvalue weighted by atomic mass is 79.9. The van der Waals surface area contributed by atoms with Gasteiger partial charge in [-0.05, 0) is 46.3 Å². The highest BCUT2D eigenvalue weighted by Crippen LogP contribution is 2.25. The number of pyridine rings is 1. The van der Waals surface area contributed by atoms with Crippen molar-refractivity contribution < 1.29 is 0 Å². The lowest BCUT2D eigenvalue weighted by molar-refractivity contribution is 1.12. The van der Waals surface area contributed by atoms with Gasteiger partial charge in [0.1, 0.15) is 5.82 Å². The molecule has 0 unspecified atom stereocenters. The molecule has 18 heavy (non-hydrogen) atoms. The van der Waals surface area contributed by atoms with Gasteiger partial charge in [-0.15, -0.1) is 0 Å². The number of halogens is 1. The Morgan fingerprint density at radius 3 is 2.83 bits per heavy atom.